The number of hydrogen-bond acceptors (Lipinski definition) is 0. The third-order valence-electron chi connectivity index (χ3n) is 4.79. The van der Waals surface area contributed by atoms with Gasteiger partial charge in [-0.05, 0) is 42.0 Å². The maximum atomic E-state index is 6.59. The second-order valence-corrected chi connectivity index (χ2v) is 7.56. The third kappa shape index (κ3) is 4.31. The topological polar surface area (TPSA) is 0 Å². The molecule has 2 heteroatoms. The lowest BCUT2D eigenvalue weighted by Crippen LogP contribution is -1.90. The van der Waals surface area contributed by atoms with Gasteiger partial charge in [-0.1, -0.05) is 109 Å². The molecule has 0 amide bonds. The van der Waals surface area contributed by atoms with Gasteiger partial charge in [0.15, 0.2) is 0 Å². The number of unbranched alkanes of at least 4 members (excludes halogenated alkanes) is 2. The minimum atomic E-state index is 0.656. The van der Waals surface area contributed by atoms with E-state index in [4.69, 9.17) is 23.2 Å². The normalized spacial score (nSPS) is 10.9. The van der Waals surface area contributed by atoms with Crippen LogP contribution in [-0.4, -0.2) is 0 Å². The first-order valence-corrected chi connectivity index (χ1v) is 10.00. The second kappa shape index (κ2) is 8.75. The van der Waals surface area contributed by atoms with Crippen molar-refractivity contribution in [3.05, 3.63) is 81.8 Å². The number of benzene rings is 3. The molecule has 0 atom stereocenters. The average Bonchev–Trinajstić information content (AvgIpc) is 2.66. The zero-order chi connectivity index (χ0) is 18.5. The van der Waals surface area contributed by atoms with E-state index < -0.39 is 0 Å². The van der Waals surface area contributed by atoms with Crippen LogP contribution in [0.3, 0.4) is 0 Å². The van der Waals surface area contributed by atoms with Gasteiger partial charge in [-0.25, -0.2) is 0 Å². The van der Waals surface area contributed by atoms with Crippen LogP contribution in [0, 0.1) is 6.92 Å². The number of halogens is 2. The molecule has 0 spiro atoms. The van der Waals surface area contributed by atoms with Crippen molar-refractivity contribution in [2.45, 2.75) is 39.5 Å². The van der Waals surface area contributed by atoms with E-state index in [1.165, 1.54) is 29.5 Å². The van der Waals surface area contributed by atoms with Gasteiger partial charge in [-0.15, -0.1) is 0 Å². The molecule has 0 aliphatic heterocycles. The first-order chi connectivity index (χ1) is 12.6. The molecule has 0 bridgehead atoms. The Bertz CT molecular complexity index is 862. The average molecular weight is 383 g/mol. The fourth-order valence-corrected chi connectivity index (χ4v) is 3.71. The van der Waals surface area contributed by atoms with Crippen molar-refractivity contribution in [2.75, 3.05) is 0 Å². The maximum Gasteiger partial charge on any atom is 0.0673 e. The van der Waals surface area contributed by atoms with E-state index in [0.717, 1.165) is 29.5 Å². The zero-order valence-electron chi connectivity index (χ0n) is 15.4. The van der Waals surface area contributed by atoms with Gasteiger partial charge in [-0.2, -0.15) is 0 Å². The molecule has 3 rings (SSSR count). The molecule has 26 heavy (non-hydrogen) atoms. The molecule has 0 heterocycles. The summed E-state index contributed by atoms with van der Waals surface area (Å²) in [7, 11) is 0. The number of aryl methyl sites for hydroxylation is 2. The van der Waals surface area contributed by atoms with Gasteiger partial charge in [0.2, 0.25) is 0 Å². The summed E-state index contributed by atoms with van der Waals surface area (Å²) in [4.78, 5) is 0. The first kappa shape index (κ1) is 19.0. The Kier molecular flexibility index (Phi) is 6.40. The molecule has 0 saturated heterocycles. The fraction of sp³-hybridized carbons (Fsp3) is 0.250. The van der Waals surface area contributed by atoms with Crippen LogP contribution in [0.5, 0.6) is 0 Å². The second-order valence-electron chi connectivity index (χ2n) is 6.80. The Hall–Kier alpha value is -1.76. The van der Waals surface area contributed by atoms with Crippen LogP contribution in [0.2, 0.25) is 10.0 Å². The summed E-state index contributed by atoms with van der Waals surface area (Å²) < 4.78 is 0. The van der Waals surface area contributed by atoms with Crippen LogP contribution in [0.1, 0.15) is 37.3 Å². The first-order valence-electron chi connectivity index (χ1n) is 9.24. The summed E-state index contributed by atoms with van der Waals surface area (Å²) in [5, 5.41) is 1.35. The number of hydrogen-bond donors (Lipinski definition) is 0. The van der Waals surface area contributed by atoms with Crippen LogP contribution in [0.25, 0.3) is 22.3 Å². The lowest BCUT2D eigenvalue weighted by atomic mass is 9.98. The van der Waals surface area contributed by atoms with E-state index in [2.05, 4.69) is 74.5 Å². The van der Waals surface area contributed by atoms with Crippen molar-refractivity contribution in [1.82, 2.24) is 0 Å². The molecule has 0 fully saturated rings. The molecular weight excluding hydrogens is 359 g/mol. The lowest BCUT2D eigenvalue weighted by molar-refractivity contribution is 0.717. The SMILES string of the molecule is CCCCCc1ccc(-c2ccc(-c3ccc(C)cc3)cc2)c(Cl)c1Cl. The van der Waals surface area contributed by atoms with Crippen LogP contribution in [0.4, 0.5) is 0 Å². The standard InChI is InChI=1S/C24H24Cl2/c1-3-4-5-6-21-15-16-22(24(26)23(21)25)20-13-11-19(12-14-20)18-9-7-17(2)8-10-18/h7-16H,3-6H2,1-2H3. The molecule has 3 aromatic carbocycles. The molecule has 0 aliphatic carbocycles. The van der Waals surface area contributed by atoms with Gasteiger partial charge >= 0.3 is 0 Å². The van der Waals surface area contributed by atoms with Crippen molar-refractivity contribution in [1.29, 1.82) is 0 Å². The van der Waals surface area contributed by atoms with Gasteiger partial charge in [0.1, 0.15) is 0 Å². The highest BCUT2D eigenvalue weighted by Crippen LogP contribution is 2.37. The Morgan fingerprint density at radius 3 is 1.85 bits per heavy atom. The van der Waals surface area contributed by atoms with Crippen molar-refractivity contribution in [2.24, 2.45) is 0 Å². The summed E-state index contributed by atoms with van der Waals surface area (Å²) in [6, 6.07) is 21.3. The highest BCUT2D eigenvalue weighted by molar-refractivity contribution is 6.44. The Morgan fingerprint density at radius 2 is 1.23 bits per heavy atom. The van der Waals surface area contributed by atoms with E-state index in [-0.39, 0.29) is 0 Å². The highest BCUT2D eigenvalue weighted by atomic mass is 35.5. The van der Waals surface area contributed by atoms with Gasteiger partial charge in [0.25, 0.3) is 0 Å². The zero-order valence-corrected chi connectivity index (χ0v) is 16.9. The number of rotatable bonds is 6. The molecule has 0 nitrogen and oxygen atoms in total. The molecule has 0 saturated carbocycles. The monoisotopic (exact) mass is 382 g/mol. The Labute approximate surface area is 166 Å². The highest BCUT2D eigenvalue weighted by Gasteiger charge is 2.11. The van der Waals surface area contributed by atoms with E-state index in [9.17, 15) is 0 Å². The quantitative estimate of drug-likeness (QED) is 0.375. The van der Waals surface area contributed by atoms with E-state index in [1.54, 1.807) is 0 Å². The minimum absolute atomic E-state index is 0.656. The largest absolute Gasteiger partial charge is 0.0824 e. The van der Waals surface area contributed by atoms with Crippen LogP contribution < -0.4 is 0 Å². The van der Waals surface area contributed by atoms with Crippen LogP contribution in [-0.2, 0) is 6.42 Å². The Balaban J connectivity index is 1.85. The molecule has 3 aromatic rings. The molecule has 0 N–H and O–H groups in total. The predicted molar refractivity (Wildman–Crippen MR) is 115 cm³/mol. The maximum absolute atomic E-state index is 6.59. The van der Waals surface area contributed by atoms with Gasteiger partial charge in [-0.3, -0.25) is 0 Å². The summed E-state index contributed by atoms with van der Waals surface area (Å²) in [5.41, 5.74) is 6.92. The van der Waals surface area contributed by atoms with E-state index in [0.29, 0.717) is 10.0 Å². The summed E-state index contributed by atoms with van der Waals surface area (Å²) in [6.07, 6.45) is 4.56. The molecule has 0 radical (unpaired) electrons. The van der Waals surface area contributed by atoms with Crippen molar-refractivity contribution in [3.8, 4) is 22.3 Å². The molecular formula is C24H24Cl2. The molecule has 134 valence electrons. The van der Waals surface area contributed by atoms with E-state index in [1.807, 2.05) is 0 Å². The van der Waals surface area contributed by atoms with Crippen LogP contribution in [0.15, 0.2) is 60.7 Å². The molecule has 0 unspecified atom stereocenters. The van der Waals surface area contributed by atoms with Gasteiger partial charge in [0, 0.05) is 5.56 Å². The minimum Gasteiger partial charge on any atom is -0.0824 e. The van der Waals surface area contributed by atoms with Crippen LogP contribution >= 0.6 is 23.2 Å². The lowest BCUT2D eigenvalue weighted by Gasteiger charge is -2.12. The van der Waals surface area contributed by atoms with Crippen molar-refractivity contribution >= 4 is 23.2 Å². The smallest absolute Gasteiger partial charge is 0.0673 e. The van der Waals surface area contributed by atoms with E-state index >= 15 is 0 Å². The predicted octanol–water partition coefficient (Wildman–Crippen LogP) is 8.37. The summed E-state index contributed by atoms with van der Waals surface area (Å²) in [6.45, 7) is 4.31. The summed E-state index contributed by atoms with van der Waals surface area (Å²) in [5.74, 6) is 0. The fourth-order valence-electron chi connectivity index (χ4n) is 3.16. The van der Waals surface area contributed by atoms with Gasteiger partial charge in [0.05, 0.1) is 10.0 Å². The molecule has 0 aliphatic rings. The Morgan fingerprint density at radius 1 is 0.654 bits per heavy atom. The van der Waals surface area contributed by atoms with Crippen molar-refractivity contribution < 1.29 is 0 Å². The van der Waals surface area contributed by atoms with Gasteiger partial charge < -0.3 is 0 Å². The third-order valence-corrected chi connectivity index (χ3v) is 5.71. The van der Waals surface area contributed by atoms with Crippen molar-refractivity contribution in [3.63, 3.8) is 0 Å². The summed E-state index contributed by atoms with van der Waals surface area (Å²) >= 11 is 13.1. The molecule has 0 aromatic heterocycles.